The van der Waals surface area contributed by atoms with E-state index in [4.69, 9.17) is 4.74 Å². The third kappa shape index (κ3) is 4.72. The van der Waals surface area contributed by atoms with Crippen molar-refractivity contribution in [2.24, 2.45) is 7.05 Å². The molecule has 1 N–H and O–H groups in total. The highest BCUT2D eigenvalue weighted by Crippen LogP contribution is 2.36. The van der Waals surface area contributed by atoms with Gasteiger partial charge in [0.05, 0.1) is 30.8 Å². The number of aryl methyl sites for hydroxylation is 1. The predicted octanol–water partition coefficient (Wildman–Crippen LogP) is 2.33. The molecule has 1 saturated heterocycles. The number of fused-ring (bicyclic) bond motifs is 1. The van der Waals surface area contributed by atoms with Crippen LogP contribution in [-0.2, 0) is 23.2 Å². The average Bonchev–Trinajstić information content (AvgIpc) is 2.77. The molecule has 1 amide bonds. The first kappa shape index (κ1) is 21.7. The molecule has 7 heteroatoms. The van der Waals surface area contributed by atoms with E-state index in [-0.39, 0.29) is 23.3 Å². The summed E-state index contributed by atoms with van der Waals surface area (Å²) >= 11 is 0. The zero-order valence-electron chi connectivity index (χ0n) is 18.3. The minimum atomic E-state index is -0.911. The Balaban J connectivity index is 1.37. The van der Waals surface area contributed by atoms with Gasteiger partial charge in [0.1, 0.15) is 0 Å². The quantitative estimate of drug-likeness (QED) is 0.795. The van der Waals surface area contributed by atoms with Gasteiger partial charge in [-0.15, -0.1) is 0 Å². The van der Waals surface area contributed by atoms with E-state index in [1.165, 1.54) is 6.33 Å². The van der Waals surface area contributed by atoms with Gasteiger partial charge in [-0.25, -0.2) is 0 Å². The number of aliphatic hydroxyl groups is 1. The maximum absolute atomic E-state index is 12.8. The lowest BCUT2D eigenvalue weighted by Gasteiger charge is -2.41. The van der Waals surface area contributed by atoms with E-state index < -0.39 is 5.60 Å². The summed E-state index contributed by atoms with van der Waals surface area (Å²) in [4.78, 5) is 31.0. The molecule has 0 saturated carbocycles. The molecule has 4 rings (SSSR count). The largest absolute Gasteiger partial charge is 0.390 e. The highest BCUT2D eigenvalue weighted by molar-refractivity contribution is 5.77. The average molecular weight is 426 g/mol. The number of hydrogen-bond acceptors (Lipinski definition) is 5. The molecule has 1 aromatic carbocycles. The molecule has 1 fully saturated rings. The smallest absolute Gasteiger partial charge is 0.276 e. The first-order valence-electron chi connectivity index (χ1n) is 11.0. The van der Waals surface area contributed by atoms with E-state index in [1.54, 1.807) is 0 Å². The zero-order valence-corrected chi connectivity index (χ0v) is 18.3. The zero-order chi connectivity index (χ0) is 22.0. The highest BCUT2D eigenvalue weighted by Gasteiger charge is 2.39. The van der Waals surface area contributed by atoms with Crippen LogP contribution in [0.3, 0.4) is 0 Å². The molecule has 0 radical (unpaired) electrons. The van der Waals surface area contributed by atoms with Crippen molar-refractivity contribution in [1.29, 1.82) is 0 Å². The van der Waals surface area contributed by atoms with Crippen LogP contribution in [-0.4, -0.2) is 50.8 Å². The fourth-order valence-electron chi connectivity index (χ4n) is 4.85. The van der Waals surface area contributed by atoms with Gasteiger partial charge in [0.15, 0.2) is 0 Å². The van der Waals surface area contributed by atoms with Crippen molar-refractivity contribution in [1.82, 2.24) is 14.5 Å². The minimum Gasteiger partial charge on any atom is -0.390 e. The first-order valence-corrected chi connectivity index (χ1v) is 11.0. The van der Waals surface area contributed by atoms with Crippen molar-refractivity contribution >= 4 is 5.91 Å². The fourth-order valence-corrected chi connectivity index (χ4v) is 4.85. The number of ether oxygens (including phenoxy) is 1. The van der Waals surface area contributed by atoms with Crippen LogP contribution < -0.4 is 5.56 Å². The van der Waals surface area contributed by atoms with E-state index in [0.717, 1.165) is 11.3 Å². The molecule has 2 atom stereocenters. The van der Waals surface area contributed by atoms with E-state index in [9.17, 15) is 14.7 Å². The molecule has 0 aliphatic carbocycles. The summed E-state index contributed by atoms with van der Waals surface area (Å²) in [5.74, 6) is 0.110. The Kier molecular flexibility index (Phi) is 6.25. The molecule has 0 bridgehead atoms. The van der Waals surface area contributed by atoms with Crippen LogP contribution in [0.5, 0.6) is 0 Å². The Morgan fingerprint density at radius 1 is 1.29 bits per heavy atom. The second kappa shape index (κ2) is 8.93. The van der Waals surface area contributed by atoms with Crippen molar-refractivity contribution in [3.8, 4) is 0 Å². The maximum atomic E-state index is 12.8. The summed E-state index contributed by atoms with van der Waals surface area (Å²) in [6, 6.07) is 10.1. The number of likely N-dealkylation sites (tertiary alicyclic amines) is 1. The molecule has 2 aromatic rings. The Morgan fingerprint density at radius 2 is 2.00 bits per heavy atom. The Bertz CT molecular complexity index is 980. The molecule has 166 valence electrons. The molecule has 31 heavy (non-hydrogen) atoms. The molecule has 3 heterocycles. The predicted molar refractivity (Wildman–Crippen MR) is 117 cm³/mol. The number of rotatable bonds is 5. The Labute approximate surface area is 182 Å². The molecule has 2 aliphatic rings. The number of piperidine rings is 1. The van der Waals surface area contributed by atoms with Crippen LogP contribution in [0.2, 0.25) is 0 Å². The van der Waals surface area contributed by atoms with Crippen molar-refractivity contribution in [3.05, 3.63) is 63.8 Å². The lowest BCUT2D eigenvalue weighted by atomic mass is 9.79. The summed E-state index contributed by atoms with van der Waals surface area (Å²) < 4.78 is 7.53. The number of benzene rings is 1. The number of aromatic nitrogens is 2. The van der Waals surface area contributed by atoms with Crippen LogP contribution in [0.4, 0.5) is 0 Å². The van der Waals surface area contributed by atoms with Crippen LogP contribution in [0.1, 0.15) is 61.3 Å². The topological polar surface area (TPSA) is 84.7 Å². The standard InChI is InChI=1S/C24H31N3O4/c1-17(18-6-4-3-5-7-18)12-21(28)27-10-8-24(30,9-11-27)13-19-14-31-15-20-22(19)23(29)25-16-26(20)2/h3-7,16-17,19,30H,8-15H2,1-2H3. The van der Waals surface area contributed by atoms with Crippen molar-refractivity contribution in [2.45, 2.75) is 56.7 Å². The third-order valence-electron chi connectivity index (χ3n) is 6.80. The van der Waals surface area contributed by atoms with Crippen LogP contribution in [0, 0.1) is 0 Å². The lowest BCUT2D eigenvalue weighted by molar-refractivity contribution is -0.136. The second-order valence-corrected chi connectivity index (χ2v) is 9.06. The van der Waals surface area contributed by atoms with E-state index in [1.807, 2.05) is 34.7 Å². The van der Waals surface area contributed by atoms with Crippen molar-refractivity contribution < 1.29 is 14.6 Å². The number of carbonyl (C=O) groups is 1. The summed E-state index contributed by atoms with van der Waals surface area (Å²) in [6.07, 6.45) is 3.44. The van der Waals surface area contributed by atoms with Gasteiger partial charge < -0.3 is 19.3 Å². The van der Waals surface area contributed by atoms with E-state index in [0.29, 0.717) is 57.6 Å². The van der Waals surface area contributed by atoms with Crippen LogP contribution >= 0.6 is 0 Å². The SMILES string of the molecule is CC(CC(=O)N1CCC(O)(CC2COCc3c2c(=O)ncn3C)CC1)c1ccccc1. The first-order chi connectivity index (χ1) is 14.9. The summed E-state index contributed by atoms with van der Waals surface area (Å²) in [5.41, 5.74) is 1.52. The molecule has 7 nitrogen and oxygen atoms in total. The molecule has 0 spiro atoms. The highest BCUT2D eigenvalue weighted by atomic mass is 16.5. The van der Waals surface area contributed by atoms with Gasteiger partial charge in [-0.2, -0.15) is 4.98 Å². The minimum absolute atomic E-state index is 0.128. The van der Waals surface area contributed by atoms with Gasteiger partial charge >= 0.3 is 0 Å². The van der Waals surface area contributed by atoms with Gasteiger partial charge in [0, 0.05) is 38.0 Å². The Morgan fingerprint density at radius 3 is 2.71 bits per heavy atom. The van der Waals surface area contributed by atoms with E-state index >= 15 is 0 Å². The summed E-state index contributed by atoms with van der Waals surface area (Å²) in [5, 5.41) is 11.2. The molecular weight excluding hydrogens is 394 g/mol. The number of carbonyl (C=O) groups excluding carboxylic acids is 1. The molecule has 1 aromatic heterocycles. The number of amides is 1. The third-order valence-corrected chi connectivity index (χ3v) is 6.80. The van der Waals surface area contributed by atoms with Crippen LogP contribution in [0.25, 0.3) is 0 Å². The van der Waals surface area contributed by atoms with E-state index in [2.05, 4.69) is 24.0 Å². The van der Waals surface area contributed by atoms with Gasteiger partial charge in [0.2, 0.25) is 5.91 Å². The summed E-state index contributed by atoms with van der Waals surface area (Å²) in [6.45, 7) is 3.93. The molecule has 2 unspecified atom stereocenters. The van der Waals surface area contributed by atoms with Crippen molar-refractivity contribution in [2.75, 3.05) is 19.7 Å². The van der Waals surface area contributed by atoms with Crippen LogP contribution in [0.15, 0.2) is 41.5 Å². The second-order valence-electron chi connectivity index (χ2n) is 9.06. The Hall–Kier alpha value is -2.51. The van der Waals surface area contributed by atoms with Gasteiger partial charge in [-0.3, -0.25) is 9.59 Å². The number of hydrogen-bond donors (Lipinski definition) is 1. The maximum Gasteiger partial charge on any atom is 0.276 e. The molecule has 2 aliphatic heterocycles. The monoisotopic (exact) mass is 425 g/mol. The fraction of sp³-hybridized carbons (Fsp3) is 0.542. The van der Waals surface area contributed by atoms with Crippen molar-refractivity contribution in [3.63, 3.8) is 0 Å². The lowest BCUT2D eigenvalue weighted by Crippen LogP contribution is -2.48. The number of nitrogens with zero attached hydrogens (tertiary/aromatic N) is 3. The molecular formula is C24H31N3O4. The van der Waals surface area contributed by atoms with Gasteiger partial charge in [0.25, 0.3) is 5.56 Å². The van der Waals surface area contributed by atoms with Gasteiger partial charge in [-0.1, -0.05) is 37.3 Å². The van der Waals surface area contributed by atoms with Gasteiger partial charge in [-0.05, 0) is 30.7 Å². The summed E-state index contributed by atoms with van der Waals surface area (Å²) in [7, 11) is 1.85. The normalized spacial score (nSPS) is 21.4.